The maximum absolute atomic E-state index is 7.00. The van der Waals surface area contributed by atoms with Crippen molar-refractivity contribution in [3.05, 3.63) is 89.5 Å². The van der Waals surface area contributed by atoms with Gasteiger partial charge >= 0.3 is 0 Å². The van der Waals surface area contributed by atoms with E-state index in [0.717, 1.165) is 38.9 Å². The maximum atomic E-state index is 7.00. The van der Waals surface area contributed by atoms with Gasteiger partial charge in [-0.1, -0.05) is 48.6 Å². The minimum Gasteiger partial charge on any atom is -0.400 e. The van der Waals surface area contributed by atoms with Gasteiger partial charge in [0.1, 0.15) is 0 Å². The molecule has 1 aliphatic carbocycles. The summed E-state index contributed by atoms with van der Waals surface area (Å²) in [6.45, 7) is 9.52. The summed E-state index contributed by atoms with van der Waals surface area (Å²) in [5, 5.41) is 10.4. The van der Waals surface area contributed by atoms with E-state index in [2.05, 4.69) is 104 Å². The van der Waals surface area contributed by atoms with Crippen molar-refractivity contribution in [1.29, 1.82) is 0 Å². The Hall–Kier alpha value is -2.78. The van der Waals surface area contributed by atoms with E-state index in [4.69, 9.17) is 5.11 Å². The van der Waals surface area contributed by atoms with E-state index in [1.807, 2.05) is 0 Å². The molecule has 0 saturated carbocycles. The summed E-state index contributed by atoms with van der Waals surface area (Å²) < 4.78 is 0. The predicted molar refractivity (Wildman–Crippen MR) is 128 cm³/mol. The summed E-state index contributed by atoms with van der Waals surface area (Å²) in [5.74, 6) is 0. The molecule has 0 atom stereocenters. The Bertz CT molecular complexity index is 812. The minimum atomic E-state index is 0.936. The smallest absolute Gasteiger partial charge is 0.0366 e. The number of nitrogens with zero attached hydrogens (tertiary/aromatic N) is 1. The van der Waals surface area contributed by atoms with E-state index in [1.54, 1.807) is 0 Å². The molecule has 1 aliphatic rings. The van der Waals surface area contributed by atoms with Gasteiger partial charge in [0, 0.05) is 38.1 Å². The molecule has 3 rings (SSSR count). The molecule has 154 valence electrons. The standard InChI is InChI=1S/C25H30N2.CH4O/c1-4-26-23-16-12-21(13-17-23)25(20-10-8-7-9-11-20)22-14-18-24(19-15-22)27(5-2)6-3;1-2/h8-19,26H,4-7H2,1-3H3;2H,1H3. The highest BCUT2D eigenvalue weighted by molar-refractivity contribution is 5.86. The molecule has 0 unspecified atom stereocenters. The van der Waals surface area contributed by atoms with Crippen LogP contribution in [0.15, 0.2) is 78.4 Å². The molecule has 3 nitrogen and oxygen atoms in total. The summed E-state index contributed by atoms with van der Waals surface area (Å²) in [6, 6.07) is 17.8. The van der Waals surface area contributed by atoms with Crippen molar-refractivity contribution in [1.82, 2.24) is 0 Å². The number of hydrogen-bond acceptors (Lipinski definition) is 3. The molecule has 2 N–H and O–H groups in total. The molecule has 0 spiro atoms. The lowest BCUT2D eigenvalue weighted by Gasteiger charge is -2.22. The van der Waals surface area contributed by atoms with Gasteiger partial charge in [0.25, 0.3) is 0 Å². The highest BCUT2D eigenvalue weighted by atomic mass is 16.2. The zero-order valence-electron chi connectivity index (χ0n) is 18.2. The lowest BCUT2D eigenvalue weighted by atomic mass is 9.91. The number of allylic oxidation sites excluding steroid dienone is 5. The van der Waals surface area contributed by atoms with Gasteiger partial charge in [-0.15, -0.1) is 0 Å². The van der Waals surface area contributed by atoms with E-state index in [0.29, 0.717) is 0 Å². The third-order valence-corrected chi connectivity index (χ3v) is 4.99. The van der Waals surface area contributed by atoms with Crippen LogP contribution in [0, 0.1) is 0 Å². The topological polar surface area (TPSA) is 35.5 Å². The van der Waals surface area contributed by atoms with Gasteiger partial charge in [-0.05, 0) is 73.7 Å². The van der Waals surface area contributed by atoms with E-state index in [-0.39, 0.29) is 0 Å². The van der Waals surface area contributed by atoms with E-state index in [1.165, 1.54) is 28.0 Å². The fourth-order valence-electron chi connectivity index (χ4n) is 3.58. The van der Waals surface area contributed by atoms with Gasteiger partial charge in [0.15, 0.2) is 0 Å². The molecule has 29 heavy (non-hydrogen) atoms. The Kier molecular flexibility index (Phi) is 9.26. The first-order valence-corrected chi connectivity index (χ1v) is 10.5. The fourth-order valence-corrected chi connectivity index (χ4v) is 3.58. The van der Waals surface area contributed by atoms with Crippen LogP contribution in [0.4, 0.5) is 11.4 Å². The summed E-state index contributed by atoms with van der Waals surface area (Å²) >= 11 is 0. The molecule has 0 aliphatic heterocycles. The summed E-state index contributed by atoms with van der Waals surface area (Å²) in [7, 11) is 1.00. The van der Waals surface area contributed by atoms with Gasteiger partial charge in [0.05, 0.1) is 0 Å². The number of nitrogens with one attached hydrogen (secondary N) is 1. The summed E-state index contributed by atoms with van der Waals surface area (Å²) in [4.78, 5) is 2.38. The van der Waals surface area contributed by atoms with E-state index >= 15 is 0 Å². The van der Waals surface area contributed by atoms with Crippen LogP contribution in [-0.4, -0.2) is 31.9 Å². The Morgan fingerprint density at radius 1 is 0.828 bits per heavy atom. The third kappa shape index (κ3) is 5.85. The Morgan fingerprint density at radius 2 is 1.34 bits per heavy atom. The third-order valence-electron chi connectivity index (χ3n) is 4.99. The Balaban J connectivity index is 0.00000145. The Labute approximate surface area is 176 Å². The van der Waals surface area contributed by atoms with Crippen molar-refractivity contribution >= 4 is 16.9 Å². The van der Waals surface area contributed by atoms with Gasteiger partial charge in [0.2, 0.25) is 0 Å². The molecule has 0 fully saturated rings. The minimum absolute atomic E-state index is 0.936. The quantitative estimate of drug-likeness (QED) is 0.619. The van der Waals surface area contributed by atoms with Gasteiger partial charge in [-0.3, -0.25) is 0 Å². The molecule has 2 aromatic rings. The monoisotopic (exact) mass is 390 g/mol. The van der Waals surface area contributed by atoms with Gasteiger partial charge < -0.3 is 15.3 Å². The largest absolute Gasteiger partial charge is 0.400 e. The number of aliphatic hydroxyl groups is 1. The van der Waals surface area contributed by atoms with E-state index in [9.17, 15) is 0 Å². The molecular formula is C26H34N2O. The van der Waals surface area contributed by atoms with Crippen LogP contribution in [-0.2, 0) is 0 Å². The SMILES string of the molecule is CCNc1ccc(C(=C2C=CCC=C2)c2ccc(N(CC)CC)cc2)cc1.CO. The number of anilines is 2. The second kappa shape index (κ2) is 11.9. The molecule has 0 aromatic heterocycles. The van der Waals surface area contributed by atoms with Crippen LogP contribution >= 0.6 is 0 Å². The number of hydrogen-bond donors (Lipinski definition) is 2. The van der Waals surface area contributed by atoms with Crippen LogP contribution in [0.25, 0.3) is 5.57 Å². The van der Waals surface area contributed by atoms with Gasteiger partial charge in [-0.25, -0.2) is 0 Å². The highest BCUT2D eigenvalue weighted by Crippen LogP contribution is 2.31. The fraction of sp³-hybridized carbons (Fsp3) is 0.308. The predicted octanol–water partition coefficient (Wildman–Crippen LogP) is 5.89. The number of aliphatic hydroxyl groups excluding tert-OH is 1. The zero-order chi connectivity index (χ0) is 21.1. The van der Waals surface area contributed by atoms with Crippen LogP contribution < -0.4 is 10.2 Å². The van der Waals surface area contributed by atoms with Crippen molar-refractivity contribution < 1.29 is 5.11 Å². The number of benzene rings is 2. The van der Waals surface area contributed by atoms with Crippen molar-refractivity contribution in [3.63, 3.8) is 0 Å². The second-order valence-corrected chi connectivity index (χ2v) is 6.70. The van der Waals surface area contributed by atoms with Crippen molar-refractivity contribution in [2.24, 2.45) is 0 Å². The molecule has 0 heterocycles. The summed E-state index contributed by atoms with van der Waals surface area (Å²) in [5.41, 5.74) is 7.51. The Morgan fingerprint density at radius 3 is 1.83 bits per heavy atom. The molecule has 2 aromatic carbocycles. The van der Waals surface area contributed by atoms with Crippen LogP contribution in [0.5, 0.6) is 0 Å². The molecule has 0 radical (unpaired) electrons. The van der Waals surface area contributed by atoms with Crippen molar-refractivity contribution in [2.75, 3.05) is 37.0 Å². The van der Waals surface area contributed by atoms with Crippen LogP contribution in [0.3, 0.4) is 0 Å². The average Bonchev–Trinajstić information content (AvgIpc) is 2.79. The molecule has 0 amide bonds. The van der Waals surface area contributed by atoms with Gasteiger partial charge in [-0.2, -0.15) is 0 Å². The van der Waals surface area contributed by atoms with Crippen LogP contribution in [0.1, 0.15) is 38.3 Å². The average molecular weight is 391 g/mol. The molecule has 0 saturated heterocycles. The van der Waals surface area contributed by atoms with E-state index < -0.39 is 0 Å². The second-order valence-electron chi connectivity index (χ2n) is 6.70. The first-order chi connectivity index (χ1) is 14.3. The lowest BCUT2D eigenvalue weighted by molar-refractivity contribution is 0.399. The molecule has 0 bridgehead atoms. The van der Waals surface area contributed by atoms with Crippen LogP contribution in [0.2, 0.25) is 0 Å². The zero-order valence-corrected chi connectivity index (χ0v) is 18.2. The highest BCUT2D eigenvalue weighted by Gasteiger charge is 2.11. The summed E-state index contributed by atoms with van der Waals surface area (Å²) in [6.07, 6.45) is 9.95. The van der Waals surface area contributed by atoms with Crippen molar-refractivity contribution in [3.8, 4) is 0 Å². The first kappa shape index (κ1) is 22.5. The number of rotatable bonds is 7. The first-order valence-electron chi connectivity index (χ1n) is 10.5. The maximum Gasteiger partial charge on any atom is 0.0366 e. The normalized spacial score (nSPS) is 12.2. The molecular weight excluding hydrogens is 356 g/mol. The van der Waals surface area contributed by atoms with Crippen molar-refractivity contribution in [2.45, 2.75) is 27.2 Å². The molecule has 3 heteroatoms. The lowest BCUT2D eigenvalue weighted by Crippen LogP contribution is -2.21.